The van der Waals surface area contributed by atoms with Crippen LogP contribution in [0, 0.1) is 5.41 Å². The molecule has 1 aliphatic rings. The van der Waals surface area contributed by atoms with Crippen molar-refractivity contribution in [3.8, 4) is 0 Å². The Morgan fingerprint density at radius 2 is 2.05 bits per heavy atom. The molecule has 0 heterocycles. The molecule has 1 aromatic rings. The van der Waals surface area contributed by atoms with Gasteiger partial charge in [-0.3, -0.25) is 4.79 Å². The number of carbonyl (C=O) groups is 1. The lowest BCUT2D eigenvalue weighted by atomic mass is 9.70. The summed E-state index contributed by atoms with van der Waals surface area (Å²) in [7, 11) is 0. The van der Waals surface area contributed by atoms with Crippen LogP contribution in [0.25, 0.3) is 0 Å². The number of benzene rings is 1. The summed E-state index contributed by atoms with van der Waals surface area (Å²) in [5, 5.41) is 8.72. The summed E-state index contributed by atoms with van der Waals surface area (Å²) in [4.78, 5) is 10.6. The summed E-state index contributed by atoms with van der Waals surface area (Å²) >= 11 is 0. The molecular formula is C18H27NO2. The van der Waals surface area contributed by atoms with Gasteiger partial charge in [-0.05, 0) is 48.1 Å². The van der Waals surface area contributed by atoms with Crippen LogP contribution < -0.4 is 5.73 Å². The van der Waals surface area contributed by atoms with E-state index in [1.54, 1.807) is 0 Å². The summed E-state index contributed by atoms with van der Waals surface area (Å²) in [6, 6.07) is 8.33. The molecule has 1 saturated carbocycles. The molecule has 3 N–H and O–H groups in total. The molecule has 1 aliphatic carbocycles. The lowest BCUT2D eigenvalue weighted by Crippen LogP contribution is -2.21. The minimum Gasteiger partial charge on any atom is -0.481 e. The van der Waals surface area contributed by atoms with E-state index in [0.717, 1.165) is 5.56 Å². The third-order valence-electron chi connectivity index (χ3n) is 4.71. The lowest BCUT2D eigenvalue weighted by molar-refractivity contribution is -0.137. The number of carboxylic acids is 1. The fourth-order valence-corrected chi connectivity index (χ4v) is 3.44. The Kier molecular flexibility index (Phi) is 5.04. The highest BCUT2D eigenvalue weighted by molar-refractivity contribution is 5.66. The van der Waals surface area contributed by atoms with Gasteiger partial charge < -0.3 is 10.8 Å². The predicted molar refractivity (Wildman–Crippen MR) is 85.2 cm³/mol. The molecule has 0 radical (unpaired) electrons. The molecule has 2 atom stereocenters. The van der Waals surface area contributed by atoms with Crippen LogP contribution in [0.3, 0.4) is 0 Å². The van der Waals surface area contributed by atoms with E-state index in [-0.39, 0.29) is 12.5 Å². The molecule has 1 aromatic carbocycles. The third-order valence-corrected chi connectivity index (χ3v) is 4.71. The quantitative estimate of drug-likeness (QED) is 0.852. The maximum absolute atomic E-state index is 10.6. The van der Waals surface area contributed by atoms with Gasteiger partial charge in [-0.15, -0.1) is 0 Å². The van der Waals surface area contributed by atoms with Gasteiger partial charge in [0.2, 0.25) is 0 Å². The van der Waals surface area contributed by atoms with Crippen LogP contribution in [0.15, 0.2) is 24.3 Å². The van der Waals surface area contributed by atoms with Gasteiger partial charge in [0.05, 0.1) is 0 Å². The monoisotopic (exact) mass is 289 g/mol. The Hall–Kier alpha value is -1.35. The van der Waals surface area contributed by atoms with Crippen LogP contribution in [0.2, 0.25) is 0 Å². The van der Waals surface area contributed by atoms with Gasteiger partial charge in [0.1, 0.15) is 0 Å². The average Bonchev–Trinajstić information content (AvgIpc) is 2.44. The fraction of sp³-hybridized carbons (Fsp3) is 0.611. The minimum absolute atomic E-state index is 0.125. The molecule has 116 valence electrons. The number of hydrogen-bond donors (Lipinski definition) is 2. The van der Waals surface area contributed by atoms with Gasteiger partial charge in [0.15, 0.2) is 0 Å². The van der Waals surface area contributed by atoms with Gasteiger partial charge in [-0.1, -0.05) is 44.5 Å². The molecule has 21 heavy (non-hydrogen) atoms. The lowest BCUT2D eigenvalue weighted by Gasteiger charge is -2.35. The first-order valence-electron chi connectivity index (χ1n) is 7.95. The van der Waals surface area contributed by atoms with Crippen LogP contribution >= 0.6 is 0 Å². The molecule has 0 saturated heterocycles. The minimum atomic E-state index is -0.786. The molecule has 2 unspecified atom stereocenters. The fourth-order valence-electron chi connectivity index (χ4n) is 3.44. The maximum Gasteiger partial charge on any atom is 0.303 e. The number of hydrogen-bond acceptors (Lipinski definition) is 2. The van der Waals surface area contributed by atoms with Crippen molar-refractivity contribution in [3.63, 3.8) is 0 Å². The van der Waals surface area contributed by atoms with E-state index in [1.165, 1.54) is 31.2 Å². The van der Waals surface area contributed by atoms with Crippen LogP contribution in [0.1, 0.15) is 75.5 Å². The van der Waals surface area contributed by atoms with Gasteiger partial charge >= 0.3 is 5.97 Å². The first kappa shape index (κ1) is 16.0. The van der Waals surface area contributed by atoms with Crippen molar-refractivity contribution in [3.05, 3.63) is 35.4 Å². The van der Waals surface area contributed by atoms with E-state index in [9.17, 15) is 4.79 Å². The largest absolute Gasteiger partial charge is 0.481 e. The second kappa shape index (κ2) is 6.61. The van der Waals surface area contributed by atoms with Crippen molar-refractivity contribution in [2.75, 3.05) is 0 Å². The normalized spacial score (nSPS) is 22.7. The van der Waals surface area contributed by atoms with E-state index in [2.05, 4.69) is 38.1 Å². The molecule has 2 rings (SSSR count). The highest BCUT2D eigenvalue weighted by Gasteiger charge is 2.28. The standard InChI is InChI=1S/C18H27NO2/c1-18(2)11-3-4-15(12-18)13-5-7-14(8-6-13)16(19)9-10-17(20)21/h5-8,15-16H,3-4,9-12,19H2,1-2H3,(H,20,21). The molecule has 3 heteroatoms. The van der Waals surface area contributed by atoms with Crippen LogP contribution in [0.4, 0.5) is 0 Å². The van der Waals surface area contributed by atoms with Crippen molar-refractivity contribution >= 4 is 5.97 Å². The Labute approximate surface area is 127 Å². The SMILES string of the molecule is CC1(C)CCCC(c2ccc(C(N)CCC(=O)O)cc2)C1. The summed E-state index contributed by atoms with van der Waals surface area (Å²) in [5.41, 5.74) is 8.93. The molecule has 3 nitrogen and oxygen atoms in total. The van der Waals surface area contributed by atoms with Gasteiger partial charge in [-0.25, -0.2) is 0 Å². The Bertz CT molecular complexity index is 478. The Morgan fingerprint density at radius 3 is 2.62 bits per heavy atom. The van der Waals surface area contributed by atoms with Crippen LogP contribution in [-0.4, -0.2) is 11.1 Å². The number of aliphatic carboxylic acids is 1. The maximum atomic E-state index is 10.6. The van der Waals surface area contributed by atoms with E-state index in [0.29, 0.717) is 17.8 Å². The Morgan fingerprint density at radius 1 is 1.38 bits per heavy atom. The van der Waals surface area contributed by atoms with E-state index < -0.39 is 5.97 Å². The summed E-state index contributed by atoms with van der Waals surface area (Å²) < 4.78 is 0. The van der Waals surface area contributed by atoms with E-state index >= 15 is 0 Å². The van der Waals surface area contributed by atoms with Gasteiger partial charge in [-0.2, -0.15) is 0 Å². The summed E-state index contributed by atoms with van der Waals surface area (Å²) in [6.45, 7) is 4.71. The van der Waals surface area contributed by atoms with Crippen LogP contribution in [-0.2, 0) is 4.79 Å². The second-order valence-electron chi connectivity index (χ2n) is 7.16. The highest BCUT2D eigenvalue weighted by Crippen LogP contribution is 2.43. The smallest absolute Gasteiger partial charge is 0.303 e. The third kappa shape index (κ3) is 4.57. The van der Waals surface area contributed by atoms with E-state index in [1.807, 2.05) is 0 Å². The summed E-state index contributed by atoms with van der Waals surface area (Å²) in [6.07, 6.45) is 5.76. The number of nitrogens with two attached hydrogens (primary N) is 1. The zero-order valence-electron chi connectivity index (χ0n) is 13.1. The second-order valence-corrected chi connectivity index (χ2v) is 7.16. The number of carboxylic acid groups (broad SMARTS) is 1. The molecule has 1 fully saturated rings. The zero-order valence-corrected chi connectivity index (χ0v) is 13.1. The molecule has 0 amide bonds. The zero-order chi connectivity index (χ0) is 15.5. The highest BCUT2D eigenvalue weighted by atomic mass is 16.4. The predicted octanol–water partition coefficient (Wildman–Crippen LogP) is 4.24. The number of rotatable bonds is 5. The van der Waals surface area contributed by atoms with E-state index in [4.69, 9.17) is 10.8 Å². The van der Waals surface area contributed by atoms with Crippen molar-refractivity contribution < 1.29 is 9.90 Å². The van der Waals surface area contributed by atoms with Crippen molar-refractivity contribution in [2.45, 2.75) is 64.3 Å². The van der Waals surface area contributed by atoms with Crippen molar-refractivity contribution in [2.24, 2.45) is 11.1 Å². The van der Waals surface area contributed by atoms with Crippen LogP contribution in [0.5, 0.6) is 0 Å². The first-order chi connectivity index (χ1) is 9.87. The van der Waals surface area contributed by atoms with Crippen molar-refractivity contribution in [1.82, 2.24) is 0 Å². The summed E-state index contributed by atoms with van der Waals surface area (Å²) in [5.74, 6) is -0.135. The van der Waals surface area contributed by atoms with Crippen molar-refractivity contribution in [1.29, 1.82) is 0 Å². The molecule has 0 spiro atoms. The first-order valence-corrected chi connectivity index (χ1v) is 7.95. The average molecular weight is 289 g/mol. The Balaban J connectivity index is 2.00. The molecule has 0 aromatic heterocycles. The molecule has 0 aliphatic heterocycles. The van der Waals surface area contributed by atoms with Gasteiger partial charge in [0, 0.05) is 12.5 Å². The topological polar surface area (TPSA) is 63.3 Å². The molecule has 0 bridgehead atoms. The van der Waals surface area contributed by atoms with Gasteiger partial charge in [0.25, 0.3) is 0 Å². The molecular weight excluding hydrogens is 262 g/mol.